The number of thioether (sulfide) groups is 1. The van der Waals surface area contributed by atoms with E-state index in [1.54, 1.807) is 5.01 Å². The minimum absolute atomic E-state index is 0.121. The summed E-state index contributed by atoms with van der Waals surface area (Å²) < 4.78 is 37.6. The second-order valence-corrected chi connectivity index (χ2v) is 9.32. The van der Waals surface area contributed by atoms with Gasteiger partial charge in [-0.2, -0.15) is 0 Å². The van der Waals surface area contributed by atoms with Gasteiger partial charge in [0.2, 0.25) is 5.43 Å². The van der Waals surface area contributed by atoms with Crippen molar-refractivity contribution in [2.24, 2.45) is 0 Å². The molecule has 0 saturated carbocycles. The number of hydrogen-bond acceptors (Lipinski definition) is 6. The first kappa shape index (κ1) is 21.2. The normalized spacial score (nSPS) is 21.3. The number of rotatable bonds is 1. The van der Waals surface area contributed by atoms with Crippen LogP contribution in [0.3, 0.4) is 0 Å². The SMILES string of the molecule is O=C1c2c(O)c(=O)ccn2N(C2c3ccccc3SCc3c(F)ccc(F)c32)C2COCCN12. The molecule has 4 heterocycles. The van der Waals surface area contributed by atoms with Crippen LogP contribution in [0, 0.1) is 11.6 Å². The van der Waals surface area contributed by atoms with Gasteiger partial charge in [-0.1, -0.05) is 18.2 Å². The fraction of sp³-hybridized carbons (Fsp3) is 0.250. The number of ether oxygens (including phenoxy) is 1. The Morgan fingerprint density at radius 3 is 2.71 bits per heavy atom. The van der Waals surface area contributed by atoms with Gasteiger partial charge in [-0.3, -0.25) is 19.3 Å². The van der Waals surface area contributed by atoms with E-state index in [9.17, 15) is 14.7 Å². The van der Waals surface area contributed by atoms with E-state index in [1.165, 1.54) is 27.5 Å². The monoisotopic (exact) mass is 483 g/mol. The van der Waals surface area contributed by atoms with E-state index in [0.29, 0.717) is 0 Å². The first-order chi connectivity index (χ1) is 16.5. The number of hydrogen-bond donors (Lipinski definition) is 1. The molecule has 3 aliphatic rings. The third kappa shape index (κ3) is 2.98. The number of fused-ring (bicyclic) bond motifs is 4. The van der Waals surface area contributed by atoms with Crippen molar-refractivity contribution in [1.82, 2.24) is 9.58 Å². The van der Waals surface area contributed by atoms with Crippen LogP contribution in [0.4, 0.5) is 8.78 Å². The molecule has 0 radical (unpaired) electrons. The Morgan fingerprint density at radius 1 is 1.06 bits per heavy atom. The molecule has 1 aromatic heterocycles. The predicted molar refractivity (Wildman–Crippen MR) is 120 cm³/mol. The lowest BCUT2D eigenvalue weighted by Gasteiger charge is -2.51. The van der Waals surface area contributed by atoms with Gasteiger partial charge in [0, 0.05) is 40.6 Å². The molecule has 0 spiro atoms. The van der Waals surface area contributed by atoms with Crippen molar-refractivity contribution in [1.29, 1.82) is 0 Å². The average molecular weight is 483 g/mol. The summed E-state index contributed by atoms with van der Waals surface area (Å²) in [6.07, 6.45) is 0.714. The quantitative estimate of drug-likeness (QED) is 0.574. The van der Waals surface area contributed by atoms with E-state index in [-0.39, 0.29) is 42.3 Å². The number of halogens is 2. The summed E-state index contributed by atoms with van der Waals surface area (Å²) in [5, 5.41) is 12.3. The molecule has 3 aliphatic heterocycles. The summed E-state index contributed by atoms with van der Waals surface area (Å²) in [7, 11) is 0. The molecule has 34 heavy (non-hydrogen) atoms. The van der Waals surface area contributed by atoms with Crippen LogP contribution >= 0.6 is 11.8 Å². The van der Waals surface area contributed by atoms with Gasteiger partial charge >= 0.3 is 0 Å². The Kier molecular flexibility index (Phi) is 4.89. The standard InChI is InChI=1S/C24H19F2N3O4S/c25-15-5-6-16(26)20-14(15)12-34-18-4-2-1-3-13(18)21(20)29-19-11-33-10-9-27(19)24(32)22-23(31)17(30)7-8-28(22)29/h1-8,19,21,31H,9-12H2. The van der Waals surface area contributed by atoms with Crippen LogP contribution in [0.25, 0.3) is 0 Å². The van der Waals surface area contributed by atoms with Gasteiger partial charge in [0.15, 0.2) is 11.4 Å². The molecule has 0 bridgehead atoms. The van der Waals surface area contributed by atoms with E-state index in [0.717, 1.165) is 28.7 Å². The number of carbonyl (C=O) groups excluding carboxylic acids is 1. The summed E-state index contributed by atoms with van der Waals surface area (Å²) >= 11 is 1.41. The van der Waals surface area contributed by atoms with Gasteiger partial charge in [0.25, 0.3) is 5.91 Å². The number of carbonyl (C=O) groups is 1. The third-order valence-electron chi connectivity index (χ3n) is 6.55. The maximum atomic E-state index is 15.5. The lowest BCUT2D eigenvalue weighted by Crippen LogP contribution is -2.66. The van der Waals surface area contributed by atoms with Crippen LogP contribution in [0.5, 0.6) is 5.75 Å². The molecule has 7 nitrogen and oxygen atoms in total. The van der Waals surface area contributed by atoms with Gasteiger partial charge in [-0.05, 0) is 23.8 Å². The van der Waals surface area contributed by atoms with E-state index >= 15 is 8.78 Å². The van der Waals surface area contributed by atoms with Crippen LogP contribution in [-0.2, 0) is 10.5 Å². The smallest absolute Gasteiger partial charge is 0.278 e. The molecule has 1 saturated heterocycles. The molecule has 1 amide bonds. The Hall–Kier alpha value is -3.37. The van der Waals surface area contributed by atoms with Gasteiger partial charge in [0.1, 0.15) is 23.8 Å². The Morgan fingerprint density at radius 2 is 1.85 bits per heavy atom. The molecule has 2 unspecified atom stereocenters. The molecule has 174 valence electrons. The van der Waals surface area contributed by atoms with E-state index < -0.39 is 40.9 Å². The Labute approximate surface area is 197 Å². The number of pyridine rings is 1. The van der Waals surface area contributed by atoms with Gasteiger partial charge in [-0.15, -0.1) is 11.8 Å². The molecule has 2 atom stereocenters. The summed E-state index contributed by atoms with van der Waals surface area (Å²) in [5.41, 5.74) is 0.207. The van der Waals surface area contributed by atoms with Crippen molar-refractivity contribution in [3.63, 3.8) is 0 Å². The highest BCUT2D eigenvalue weighted by Gasteiger charge is 2.46. The topological polar surface area (TPSA) is 75.0 Å². The molecule has 6 rings (SSSR count). The second kappa shape index (κ2) is 7.85. The number of aromatic nitrogens is 1. The van der Waals surface area contributed by atoms with Crippen LogP contribution in [0.1, 0.15) is 33.2 Å². The van der Waals surface area contributed by atoms with Crippen LogP contribution in [-0.4, -0.2) is 46.5 Å². The number of benzene rings is 2. The second-order valence-electron chi connectivity index (χ2n) is 8.31. The van der Waals surface area contributed by atoms with Gasteiger partial charge in [0.05, 0.1) is 13.2 Å². The zero-order valence-corrected chi connectivity index (χ0v) is 18.6. The summed E-state index contributed by atoms with van der Waals surface area (Å²) in [6.45, 7) is 0.630. The van der Waals surface area contributed by atoms with Crippen LogP contribution in [0.2, 0.25) is 0 Å². The van der Waals surface area contributed by atoms with Crippen molar-refractivity contribution in [3.05, 3.63) is 92.9 Å². The average Bonchev–Trinajstić information content (AvgIpc) is 3.02. The third-order valence-corrected chi connectivity index (χ3v) is 7.66. The van der Waals surface area contributed by atoms with Gasteiger partial charge in [-0.25, -0.2) is 8.78 Å². The Balaban J connectivity index is 1.69. The highest BCUT2D eigenvalue weighted by atomic mass is 32.2. The lowest BCUT2D eigenvalue weighted by atomic mass is 9.92. The highest BCUT2D eigenvalue weighted by molar-refractivity contribution is 7.98. The van der Waals surface area contributed by atoms with Gasteiger partial charge < -0.3 is 14.7 Å². The maximum Gasteiger partial charge on any atom is 0.278 e. The van der Waals surface area contributed by atoms with Crippen molar-refractivity contribution in [2.75, 3.05) is 24.8 Å². The van der Waals surface area contributed by atoms with Crippen molar-refractivity contribution < 1.29 is 23.4 Å². The summed E-state index contributed by atoms with van der Waals surface area (Å²) in [5.74, 6) is -2.07. The number of amides is 1. The Bertz CT molecular complexity index is 1400. The minimum Gasteiger partial charge on any atom is -0.502 e. The first-order valence-electron chi connectivity index (χ1n) is 10.8. The highest BCUT2D eigenvalue weighted by Crippen LogP contribution is 2.45. The molecule has 3 aromatic rings. The molecular formula is C24H19F2N3O4S. The number of morpholine rings is 1. The van der Waals surface area contributed by atoms with E-state index in [2.05, 4.69) is 0 Å². The van der Waals surface area contributed by atoms with E-state index in [4.69, 9.17) is 4.74 Å². The fourth-order valence-corrected chi connectivity index (χ4v) is 6.12. The number of aromatic hydroxyl groups is 1. The lowest BCUT2D eigenvalue weighted by molar-refractivity contribution is -0.0198. The van der Waals surface area contributed by atoms with Crippen molar-refractivity contribution in [2.45, 2.75) is 22.9 Å². The zero-order valence-electron chi connectivity index (χ0n) is 17.8. The van der Waals surface area contributed by atoms with Crippen molar-refractivity contribution >= 4 is 17.7 Å². The predicted octanol–water partition coefficient (Wildman–Crippen LogP) is 2.98. The fourth-order valence-electron chi connectivity index (χ4n) is 5.00. The molecule has 0 aliphatic carbocycles. The molecule has 1 N–H and O–H groups in total. The molecule has 10 heteroatoms. The summed E-state index contributed by atoms with van der Waals surface area (Å²) in [6, 6.07) is 9.93. The number of nitrogens with zero attached hydrogens (tertiary/aromatic N) is 3. The largest absolute Gasteiger partial charge is 0.502 e. The zero-order chi connectivity index (χ0) is 23.6. The molecular weight excluding hydrogens is 464 g/mol. The minimum atomic E-state index is -0.861. The summed E-state index contributed by atoms with van der Waals surface area (Å²) in [4.78, 5) is 27.9. The van der Waals surface area contributed by atoms with Crippen LogP contribution < -0.4 is 10.4 Å². The maximum absolute atomic E-state index is 15.5. The van der Waals surface area contributed by atoms with Crippen molar-refractivity contribution in [3.8, 4) is 5.75 Å². The van der Waals surface area contributed by atoms with Crippen LogP contribution in [0.15, 0.2) is 58.4 Å². The molecule has 2 aromatic carbocycles. The molecule has 1 fully saturated rings. The van der Waals surface area contributed by atoms with E-state index in [1.807, 2.05) is 24.3 Å². The first-order valence-corrected chi connectivity index (χ1v) is 11.8.